The van der Waals surface area contributed by atoms with Gasteiger partial charge in [0.2, 0.25) is 0 Å². The smallest absolute Gasteiger partial charge is 0.141 e. The van der Waals surface area contributed by atoms with Gasteiger partial charge in [0, 0.05) is 23.4 Å². The molecule has 2 aliphatic rings. The van der Waals surface area contributed by atoms with Gasteiger partial charge in [-0.2, -0.15) is 0 Å². The van der Waals surface area contributed by atoms with Crippen molar-refractivity contribution < 1.29 is 4.79 Å². The summed E-state index contributed by atoms with van der Waals surface area (Å²) in [7, 11) is 0. The molecule has 2 bridgehead atoms. The van der Waals surface area contributed by atoms with Gasteiger partial charge in [0.15, 0.2) is 0 Å². The fourth-order valence-corrected chi connectivity index (χ4v) is 3.62. The zero-order valence-electron chi connectivity index (χ0n) is 11.1. The minimum absolute atomic E-state index is 0.154. The van der Waals surface area contributed by atoms with Crippen LogP contribution in [0.2, 0.25) is 0 Å². The molecule has 0 saturated carbocycles. The summed E-state index contributed by atoms with van der Waals surface area (Å²) in [5.41, 5.74) is -0.154. The fourth-order valence-electron chi connectivity index (χ4n) is 3.62. The first kappa shape index (κ1) is 12.1. The minimum Gasteiger partial charge on any atom is -0.299 e. The van der Waals surface area contributed by atoms with Gasteiger partial charge < -0.3 is 0 Å². The summed E-state index contributed by atoms with van der Waals surface area (Å²) in [4.78, 5) is 14.9. The zero-order chi connectivity index (χ0) is 11.9. The second kappa shape index (κ2) is 4.14. The van der Waals surface area contributed by atoms with Gasteiger partial charge in [0.05, 0.1) is 0 Å². The Labute approximate surface area is 99.4 Å². The molecule has 16 heavy (non-hydrogen) atoms. The first-order valence-corrected chi connectivity index (χ1v) is 6.73. The third-order valence-corrected chi connectivity index (χ3v) is 4.36. The maximum Gasteiger partial charge on any atom is 0.141 e. The summed E-state index contributed by atoms with van der Waals surface area (Å²) in [6.45, 7) is 9.58. The van der Waals surface area contributed by atoms with Gasteiger partial charge >= 0.3 is 0 Å². The fraction of sp³-hybridized carbons (Fsp3) is 0.929. The quantitative estimate of drug-likeness (QED) is 0.717. The summed E-state index contributed by atoms with van der Waals surface area (Å²) in [6.07, 6.45) is 4.85. The van der Waals surface area contributed by atoms with Crippen LogP contribution in [0.15, 0.2) is 0 Å². The summed E-state index contributed by atoms with van der Waals surface area (Å²) in [5, 5.41) is 0. The Morgan fingerprint density at radius 1 is 1.19 bits per heavy atom. The van der Waals surface area contributed by atoms with E-state index in [-0.39, 0.29) is 5.41 Å². The third-order valence-electron chi connectivity index (χ3n) is 4.36. The molecule has 2 unspecified atom stereocenters. The zero-order valence-corrected chi connectivity index (χ0v) is 11.1. The molecule has 0 aromatic rings. The van der Waals surface area contributed by atoms with Gasteiger partial charge in [-0.3, -0.25) is 9.69 Å². The first-order chi connectivity index (χ1) is 7.43. The molecule has 2 heteroatoms. The normalized spacial score (nSPS) is 35.4. The van der Waals surface area contributed by atoms with Crippen molar-refractivity contribution in [2.75, 3.05) is 6.54 Å². The molecule has 0 N–H and O–H groups in total. The molecule has 0 aromatic heterocycles. The maximum atomic E-state index is 12.3. The van der Waals surface area contributed by atoms with Crippen LogP contribution < -0.4 is 0 Å². The number of hydrogen-bond donors (Lipinski definition) is 0. The Balaban J connectivity index is 2.05. The van der Waals surface area contributed by atoms with E-state index in [9.17, 15) is 4.79 Å². The second-order valence-electron chi connectivity index (χ2n) is 6.50. The highest BCUT2D eigenvalue weighted by Gasteiger charge is 2.43. The third kappa shape index (κ3) is 2.04. The molecule has 2 atom stereocenters. The predicted molar refractivity (Wildman–Crippen MR) is 66.4 cm³/mol. The molecule has 0 radical (unpaired) electrons. The van der Waals surface area contributed by atoms with Crippen molar-refractivity contribution in [1.82, 2.24) is 4.90 Å². The molecule has 92 valence electrons. The average molecular weight is 223 g/mol. The average Bonchev–Trinajstić information content (AvgIpc) is 2.45. The van der Waals surface area contributed by atoms with Crippen LogP contribution in [0.3, 0.4) is 0 Å². The Morgan fingerprint density at radius 2 is 1.69 bits per heavy atom. The van der Waals surface area contributed by atoms with E-state index in [2.05, 4.69) is 32.6 Å². The van der Waals surface area contributed by atoms with Crippen LogP contribution >= 0.6 is 0 Å². The number of carbonyl (C=O) groups excluding carboxylic acids is 1. The van der Waals surface area contributed by atoms with Crippen LogP contribution in [0.5, 0.6) is 0 Å². The lowest BCUT2D eigenvalue weighted by Gasteiger charge is -2.39. The summed E-state index contributed by atoms with van der Waals surface area (Å²) in [6, 6.07) is 1.39. The summed E-state index contributed by atoms with van der Waals surface area (Å²) >= 11 is 0. The number of carbonyl (C=O) groups is 1. The molecule has 2 aliphatic heterocycles. The predicted octanol–water partition coefficient (Wildman–Crippen LogP) is 2.86. The number of Topliss-reactive ketones (excluding diaryl/α,β-unsaturated/α-hetero) is 1. The molecular formula is C14H25NO. The monoisotopic (exact) mass is 223 g/mol. The highest BCUT2D eigenvalue weighted by Crippen LogP contribution is 2.40. The van der Waals surface area contributed by atoms with Gasteiger partial charge in [-0.25, -0.2) is 0 Å². The number of fused-ring (bicyclic) bond motifs is 2. The molecule has 0 spiro atoms. The molecule has 0 aliphatic carbocycles. The molecule has 2 fully saturated rings. The summed E-state index contributed by atoms with van der Waals surface area (Å²) in [5.74, 6) is 0.820. The van der Waals surface area contributed by atoms with Crippen molar-refractivity contribution in [1.29, 1.82) is 0 Å². The Bertz CT molecular complexity index is 265. The Morgan fingerprint density at radius 3 is 2.06 bits per heavy atom. The number of rotatable bonds is 2. The summed E-state index contributed by atoms with van der Waals surface area (Å²) < 4.78 is 0. The molecule has 0 aromatic carbocycles. The number of hydrogen-bond acceptors (Lipinski definition) is 2. The van der Waals surface area contributed by atoms with Crippen LogP contribution in [0.4, 0.5) is 0 Å². The SMILES string of the molecule is CCN1C2CCC1CC(C(=O)C(C)(C)C)C2. The van der Waals surface area contributed by atoms with Gasteiger partial charge in [-0.15, -0.1) is 0 Å². The molecule has 2 saturated heterocycles. The van der Waals surface area contributed by atoms with Crippen LogP contribution in [-0.2, 0) is 4.79 Å². The van der Waals surface area contributed by atoms with Crippen molar-refractivity contribution >= 4 is 5.78 Å². The Hall–Kier alpha value is -0.370. The lowest BCUT2D eigenvalue weighted by atomic mass is 9.77. The van der Waals surface area contributed by atoms with Gasteiger partial charge in [-0.1, -0.05) is 27.7 Å². The van der Waals surface area contributed by atoms with Crippen LogP contribution in [0.25, 0.3) is 0 Å². The molecule has 0 amide bonds. The van der Waals surface area contributed by atoms with Gasteiger partial charge in [-0.05, 0) is 32.2 Å². The topological polar surface area (TPSA) is 20.3 Å². The minimum atomic E-state index is -0.154. The van der Waals surface area contributed by atoms with Crippen molar-refractivity contribution in [2.45, 2.75) is 65.5 Å². The van der Waals surface area contributed by atoms with Crippen molar-refractivity contribution in [3.63, 3.8) is 0 Å². The molecular weight excluding hydrogens is 198 g/mol. The van der Waals surface area contributed by atoms with Gasteiger partial charge in [0.25, 0.3) is 0 Å². The van der Waals surface area contributed by atoms with E-state index >= 15 is 0 Å². The van der Waals surface area contributed by atoms with Gasteiger partial charge in [0.1, 0.15) is 5.78 Å². The van der Waals surface area contributed by atoms with E-state index in [1.54, 1.807) is 0 Å². The van der Waals surface area contributed by atoms with E-state index in [0.29, 0.717) is 23.8 Å². The highest BCUT2D eigenvalue weighted by molar-refractivity contribution is 5.86. The largest absolute Gasteiger partial charge is 0.299 e. The molecule has 2 heterocycles. The van der Waals surface area contributed by atoms with Crippen molar-refractivity contribution in [2.24, 2.45) is 11.3 Å². The van der Waals surface area contributed by atoms with Crippen LogP contribution in [0.1, 0.15) is 53.4 Å². The number of ketones is 1. The first-order valence-electron chi connectivity index (χ1n) is 6.73. The molecule has 2 nitrogen and oxygen atoms in total. The van der Waals surface area contributed by atoms with E-state index in [1.165, 1.54) is 12.8 Å². The van der Waals surface area contributed by atoms with Crippen LogP contribution in [-0.4, -0.2) is 29.3 Å². The lowest BCUT2D eigenvalue weighted by molar-refractivity contribution is -0.132. The number of piperidine rings is 1. The standard InChI is InChI=1S/C14H25NO/c1-5-15-11-6-7-12(15)9-10(8-11)13(16)14(2,3)4/h10-12H,5-9H2,1-4H3. The van der Waals surface area contributed by atoms with Crippen LogP contribution in [0, 0.1) is 11.3 Å². The maximum absolute atomic E-state index is 12.3. The second-order valence-corrected chi connectivity index (χ2v) is 6.50. The molecule has 2 rings (SSSR count). The Kier molecular flexibility index (Phi) is 3.13. The van der Waals surface area contributed by atoms with E-state index in [4.69, 9.17) is 0 Å². The van der Waals surface area contributed by atoms with Crippen molar-refractivity contribution in [3.8, 4) is 0 Å². The van der Waals surface area contributed by atoms with Crippen molar-refractivity contribution in [3.05, 3.63) is 0 Å². The highest BCUT2D eigenvalue weighted by atomic mass is 16.1. The number of nitrogens with zero attached hydrogens (tertiary/aromatic N) is 1. The van der Waals surface area contributed by atoms with E-state index < -0.39 is 0 Å². The van der Waals surface area contributed by atoms with E-state index in [1.807, 2.05) is 0 Å². The lowest BCUT2D eigenvalue weighted by Crippen LogP contribution is -2.46. The van der Waals surface area contributed by atoms with E-state index in [0.717, 1.165) is 19.4 Å².